The Labute approximate surface area is 121 Å². The van der Waals surface area contributed by atoms with Crippen molar-refractivity contribution in [1.82, 2.24) is 9.80 Å². The molecular weight excluding hydrogens is 311 g/mol. The van der Waals surface area contributed by atoms with Gasteiger partial charge in [0.15, 0.2) is 0 Å². The summed E-state index contributed by atoms with van der Waals surface area (Å²) in [5.41, 5.74) is 0.511. The first-order valence-corrected chi connectivity index (χ1v) is 7.30. The molecule has 1 aromatic carbocycles. The second-order valence-electron chi connectivity index (χ2n) is 4.90. The molecule has 2 rings (SSSR count). The van der Waals surface area contributed by atoms with Crippen LogP contribution in [0.25, 0.3) is 0 Å². The normalized spacial score (nSPS) is 15.7. The number of halogens is 2. The van der Waals surface area contributed by atoms with Crippen LogP contribution in [0.5, 0.6) is 0 Å². The molecular formula is C14H18BrFN2O. The van der Waals surface area contributed by atoms with Crippen molar-refractivity contribution in [3.8, 4) is 0 Å². The third kappa shape index (κ3) is 3.76. The lowest BCUT2D eigenvalue weighted by Gasteiger charge is -2.21. The van der Waals surface area contributed by atoms with E-state index >= 15 is 0 Å². The number of hydrogen-bond donors (Lipinski definition) is 0. The second kappa shape index (κ2) is 6.48. The van der Waals surface area contributed by atoms with E-state index in [0.29, 0.717) is 16.6 Å². The maximum atomic E-state index is 13.1. The number of rotatable bonds is 4. The number of likely N-dealkylation sites (N-methyl/N-ethyl adjacent to an activating group) is 1. The van der Waals surface area contributed by atoms with Gasteiger partial charge in [-0.3, -0.25) is 4.79 Å². The van der Waals surface area contributed by atoms with Crippen LogP contribution in [0.15, 0.2) is 22.7 Å². The number of hydrogen-bond acceptors (Lipinski definition) is 2. The van der Waals surface area contributed by atoms with Crippen molar-refractivity contribution in [2.75, 3.05) is 33.2 Å². The molecule has 5 heteroatoms. The minimum atomic E-state index is -0.351. The van der Waals surface area contributed by atoms with Crippen LogP contribution in [-0.4, -0.2) is 48.9 Å². The van der Waals surface area contributed by atoms with Crippen molar-refractivity contribution in [3.63, 3.8) is 0 Å². The number of likely N-dealkylation sites (tertiary alicyclic amines) is 1. The van der Waals surface area contributed by atoms with Crippen LogP contribution in [0.3, 0.4) is 0 Å². The average Bonchev–Trinajstić information content (AvgIpc) is 2.91. The van der Waals surface area contributed by atoms with Gasteiger partial charge in [-0.2, -0.15) is 0 Å². The van der Waals surface area contributed by atoms with Crippen molar-refractivity contribution in [1.29, 1.82) is 0 Å². The fourth-order valence-corrected chi connectivity index (χ4v) is 2.63. The zero-order valence-electron chi connectivity index (χ0n) is 11.0. The molecule has 104 valence electrons. The van der Waals surface area contributed by atoms with Gasteiger partial charge in [0.25, 0.3) is 5.91 Å². The van der Waals surface area contributed by atoms with Crippen molar-refractivity contribution in [3.05, 3.63) is 34.1 Å². The molecule has 1 aromatic rings. The molecule has 0 aromatic heterocycles. The van der Waals surface area contributed by atoms with Crippen molar-refractivity contribution < 1.29 is 9.18 Å². The fourth-order valence-electron chi connectivity index (χ4n) is 2.25. The summed E-state index contributed by atoms with van der Waals surface area (Å²) in [6, 6.07) is 4.37. The zero-order valence-corrected chi connectivity index (χ0v) is 12.6. The summed E-state index contributed by atoms with van der Waals surface area (Å²) in [5, 5.41) is 0. The molecule has 0 N–H and O–H groups in total. The lowest BCUT2D eigenvalue weighted by atomic mass is 10.2. The Morgan fingerprint density at radius 1 is 1.42 bits per heavy atom. The minimum absolute atomic E-state index is 0.0695. The molecule has 0 spiro atoms. The standard InChI is InChI=1S/C14H18BrFN2O/c1-17(8-9-18-6-2-3-7-18)14(19)11-4-5-13(16)12(15)10-11/h4-5,10H,2-3,6-9H2,1H3. The summed E-state index contributed by atoms with van der Waals surface area (Å²) < 4.78 is 13.5. The van der Waals surface area contributed by atoms with Gasteiger partial charge in [-0.25, -0.2) is 4.39 Å². The topological polar surface area (TPSA) is 23.6 Å². The quantitative estimate of drug-likeness (QED) is 0.848. The van der Waals surface area contributed by atoms with E-state index in [9.17, 15) is 9.18 Å². The summed E-state index contributed by atoms with van der Waals surface area (Å²) in [6.45, 7) is 3.87. The van der Waals surface area contributed by atoms with Crippen LogP contribution in [0, 0.1) is 5.82 Å². The molecule has 1 amide bonds. The van der Waals surface area contributed by atoms with Crippen molar-refractivity contribution in [2.24, 2.45) is 0 Å². The average molecular weight is 329 g/mol. The minimum Gasteiger partial charge on any atom is -0.340 e. The highest BCUT2D eigenvalue weighted by atomic mass is 79.9. The third-order valence-electron chi connectivity index (χ3n) is 3.46. The molecule has 1 saturated heterocycles. The largest absolute Gasteiger partial charge is 0.340 e. The number of amides is 1. The summed E-state index contributed by atoms with van der Waals surface area (Å²) in [5.74, 6) is -0.420. The maximum Gasteiger partial charge on any atom is 0.253 e. The Morgan fingerprint density at radius 2 is 2.11 bits per heavy atom. The van der Waals surface area contributed by atoms with E-state index in [1.165, 1.54) is 31.0 Å². The molecule has 0 atom stereocenters. The first kappa shape index (κ1) is 14.5. The lowest BCUT2D eigenvalue weighted by molar-refractivity contribution is 0.0782. The second-order valence-corrected chi connectivity index (χ2v) is 5.76. The SMILES string of the molecule is CN(CCN1CCCC1)C(=O)c1ccc(F)c(Br)c1. The van der Waals surface area contributed by atoms with Crippen LogP contribution in [0.4, 0.5) is 4.39 Å². The molecule has 1 aliphatic heterocycles. The van der Waals surface area contributed by atoms with Gasteiger partial charge in [0.05, 0.1) is 4.47 Å². The van der Waals surface area contributed by atoms with Gasteiger partial charge < -0.3 is 9.80 Å². The van der Waals surface area contributed by atoms with Gasteiger partial charge >= 0.3 is 0 Å². The van der Waals surface area contributed by atoms with E-state index in [-0.39, 0.29) is 11.7 Å². The summed E-state index contributed by atoms with van der Waals surface area (Å²) in [4.78, 5) is 16.2. The Balaban J connectivity index is 1.92. The molecule has 0 bridgehead atoms. The third-order valence-corrected chi connectivity index (χ3v) is 4.07. The highest BCUT2D eigenvalue weighted by Crippen LogP contribution is 2.17. The van der Waals surface area contributed by atoms with Gasteiger partial charge in [-0.1, -0.05) is 0 Å². The predicted molar refractivity (Wildman–Crippen MR) is 76.7 cm³/mol. The van der Waals surface area contributed by atoms with E-state index in [1.54, 1.807) is 11.9 Å². The van der Waals surface area contributed by atoms with E-state index in [0.717, 1.165) is 19.6 Å². The Morgan fingerprint density at radius 3 is 2.74 bits per heavy atom. The number of carbonyl (C=O) groups excluding carboxylic acids is 1. The summed E-state index contributed by atoms with van der Waals surface area (Å²) in [7, 11) is 1.79. The van der Waals surface area contributed by atoms with Gasteiger partial charge in [0.2, 0.25) is 0 Å². The molecule has 3 nitrogen and oxygen atoms in total. The summed E-state index contributed by atoms with van der Waals surface area (Å²) in [6.07, 6.45) is 2.51. The Bertz CT molecular complexity index is 461. The molecule has 19 heavy (non-hydrogen) atoms. The molecule has 0 aliphatic carbocycles. The van der Waals surface area contributed by atoms with E-state index < -0.39 is 0 Å². The Kier molecular flexibility index (Phi) is 4.93. The van der Waals surface area contributed by atoms with Gasteiger partial charge in [0, 0.05) is 25.7 Å². The van der Waals surface area contributed by atoms with Gasteiger partial charge in [0.1, 0.15) is 5.82 Å². The summed E-state index contributed by atoms with van der Waals surface area (Å²) >= 11 is 3.10. The van der Waals surface area contributed by atoms with Gasteiger partial charge in [-0.05, 0) is 60.1 Å². The number of carbonyl (C=O) groups is 1. The first-order valence-electron chi connectivity index (χ1n) is 6.51. The van der Waals surface area contributed by atoms with Crippen LogP contribution < -0.4 is 0 Å². The van der Waals surface area contributed by atoms with E-state index in [2.05, 4.69) is 20.8 Å². The highest BCUT2D eigenvalue weighted by molar-refractivity contribution is 9.10. The smallest absolute Gasteiger partial charge is 0.253 e. The van der Waals surface area contributed by atoms with Crippen LogP contribution >= 0.6 is 15.9 Å². The monoisotopic (exact) mass is 328 g/mol. The number of benzene rings is 1. The molecule has 1 aliphatic rings. The number of nitrogens with zero attached hydrogens (tertiary/aromatic N) is 2. The van der Waals surface area contributed by atoms with Crippen molar-refractivity contribution >= 4 is 21.8 Å². The fraction of sp³-hybridized carbons (Fsp3) is 0.500. The maximum absolute atomic E-state index is 13.1. The van der Waals surface area contributed by atoms with Gasteiger partial charge in [-0.15, -0.1) is 0 Å². The predicted octanol–water partition coefficient (Wildman–Crippen LogP) is 2.76. The zero-order chi connectivity index (χ0) is 13.8. The van der Waals surface area contributed by atoms with E-state index in [1.807, 2.05) is 0 Å². The van der Waals surface area contributed by atoms with Crippen LogP contribution in [-0.2, 0) is 0 Å². The van der Waals surface area contributed by atoms with Crippen molar-refractivity contribution in [2.45, 2.75) is 12.8 Å². The van der Waals surface area contributed by atoms with Crippen LogP contribution in [0.2, 0.25) is 0 Å². The first-order chi connectivity index (χ1) is 9.08. The molecule has 1 fully saturated rings. The highest BCUT2D eigenvalue weighted by Gasteiger charge is 2.16. The molecule has 0 radical (unpaired) electrons. The molecule has 1 heterocycles. The lowest BCUT2D eigenvalue weighted by Crippen LogP contribution is -2.35. The Hall–Kier alpha value is -0.940. The van der Waals surface area contributed by atoms with Crippen LogP contribution in [0.1, 0.15) is 23.2 Å². The molecule has 0 saturated carbocycles. The van der Waals surface area contributed by atoms with E-state index in [4.69, 9.17) is 0 Å². The molecule has 0 unspecified atom stereocenters.